The Hall–Kier alpha value is -1.26. The molecule has 4 nitrogen and oxygen atoms in total. The first-order valence-corrected chi connectivity index (χ1v) is 7.12. The van der Waals surface area contributed by atoms with Gasteiger partial charge in [-0.1, -0.05) is 0 Å². The van der Waals surface area contributed by atoms with Gasteiger partial charge in [0.25, 0.3) is 0 Å². The maximum Gasteiger partial charge on any atom is 0.122 e. The van der Waals surface area contributed by atoms with Gasteiger partial charge in [0.1, 0.15) is 11.5 Å². The Balaban J connectivity index is 1.96. The number of methoxy groups -OCH3 is 2. The van der Waals surface area contributed by atoms with Gasteiger partial charge >= 0.3 is 0 Å². The monoisotopic (exact) mass is 279 g/mol. The Morgan fingerprint density at radius 1 is 1.20 bits per heavy atom. The van der Waals surface area contributed by atoms with Crippen molar-refractivity contribution in [3.05, 3.63) is 23.8 Å². The van der Waals surface area contributed by atoms with Crippen LogP contribution in [0.25, 0.3) is 0 Å². The van der Waals surface area contributed by atoms with Gasteiger partial charge in [-0.3, -0.25) is 0 Å². The summed E-state index contributed by atoms with van der Waals surface area (Å²) in [6, 6.07) is 6.47. The van der Waals surface area contributed by atoms with E-state index < -0.39 is 0 Å². The topological polar surface area (TPSA) is 39.7 Å². The highest BCUT2D eigenvalue weighted by molar-refractivity contribution is 5.38. The van der Waals surface area contributed by atoms with Crippen LogP contribution in [0.4, 0.5) is 0 Å². The minimum absolute atomic E-state index is 0.0258. The highest BCUT2D eigenvalue weighted by atomic mass is 16.5. The lowest BCUT2D eigenvalue weighted by atomic mass is 9.94. The fraction of sp³-hybridized carbons (Fsp3) is 0.625. The third kappa shape index (κ3) is 4.12. The van der Waals surface area contributed by atoms with Crippen LogP contribution in [0, 0.1) is 0 Å². The Labute approximate surface area is 121 Å². The molecule has 1 aliphatic heterocycles. The summed E-state index contributed by atoms with van der Waals surface area (Å²) in [5, 5.41) is 3.61. The van der Waals surface area contributed by atoms with Gasteiger partial charge in [0.05, 0.1) is 19.8 Å². The Kier molecular flexibility index (Phi) is 4.89. The van der Waals surface area contributed by atoms with E-state index in [1.807, 2.05) is 18.2 Å². The first-order chi connectivity index (χ1) is 9.52. The lowest BCUT2D eigenvalue weighted by Gasteiger charge is -2.36. The molecule has 1 atom stereocenters. The molecule has 1 unspecified atom stereocenters. The molecule has 1 aliphatic rings. The van der Waals surface area contributed by atoms with E-state index in [-0.39, 0.29) is 5.60 Å². The molecule has 1 saturated heterocycles. The van der Waals surface area contributed by atoms with Crippen LogP contribution >= 0.6 is 0 Å². The summed E-state index contributed by atoms with van der Waals surface area (Å²) in [6.45, 7) is 5.94. The zero-order valence-electron chi connectivity index (χ0n) is 12.9. The molecule has 4 heteroatoms. The molecule has 0 bridgehead atoms. The molecule has 20 heavy (non-hydrogen) atoms. The maximum atomic E-state index is 5.74. The molecule has 1 aromatic carbocycles. The smallest absolute Gasteiger partial charge is 0.122 e. The second-order valence-corrected chi connectivity index (χ2v) is 5.90. The van der Waals surface area contributed by atoms with Crippen LogP contribution in [-0.2, 0) is 11.3 Å². The van der Waals surface area contributed by atoms with Crippen LogP contribution in [0.15, 0.2) is 18.2 Å². The van der Waals surface area contributed by atoms with Crippen molar-refractivity contribution < 1.29 is 14.2 Å². The molecular formula is C16H25NO3. The molecule has 2 rings (SSSR count). The normalized spacial score (nSPS) is 21.5. The second kappa shape index (κ2) is 6.46. The fourth-order valence-corrected chi connectivity index (χ4v) is 2.64. The van der Waals surface area contributed by atoms with Crippen molar-refractivity contribution >= 4 is 0 Å². The Bertz CT molecular complexity index is 423. The Morgan fingerprint density at radius 3 is 2.40 bits per heavy atom. The highest BCUT2D eigenvalue weighted by Crippen LogP contribution is 2.25. The lowest BCUT2D eigenvalue weighted by Crippen LogP contribution is -2.43. The van der Waals surface area contributed by atoms with Crippen molar-refractivity contribution in [2.45, 2.75) is 44.9 Å². The van der Waals surface area contributed by atoms with Crippen molar-refractivity contribution in [1.29, 1.82) is 0 Å². The number of hydrogen-bond acceptors (Lipinski definition) is 4. The van der Waals surface area contributed by atoms with Gasteiger partial charge in [-0.25, -0.2) is 0 Å². The van der Waals surface area contributed by atoms with E-state index in [9.17, 15) is 0 Å². The molecule has 112 valence electrons. The van der Waals surface area contributed by atoms with Crippen LogP contribution < -0.4 is 14.8 Å². The van der Waals surface area contributed by atoms with Gasteiger partial charge in [0, 0.05) is 25.3 Å². The molecule has 1 N–H and O–H groups in total. The summed E-state index contributed by atoms with van der Waals surface area (Å²) < 4.78 is 16.3. The second-order valence-electron chi connectivity index (χ2n) is 5.90. The predicted molar refractivity (Wildman–Crippen MR) is 79.4 cm³/mol. The van der Waals surface area contributed by atoms with E-state index in [0.29, 0.717) is 6.04 Å². The van der Waals surface area contributed by atoms with Crippen molar-refractivity contribution in [1.82, 2.24) is 5.32 Å². The average molecular weight is 279 g/mol. The summed E-state index contributed by atoms with van der Waals surface area (Å²) in [4.78, 5) is 0. The predicted octanol–water partition coefficient (Wildman–Crippen LogP) is 2.75. The van der Waals surface area contributed by atoms with Crippen LogP contribution in [-0.4, -0.2) is 32.5 Å². The minimum Gasteiger partial charge on any atom is -0.497 e. The van der Waals surface area contributed by atoms with Crippen LogP contribution in [0.5, 0.6) is 11.5 Å². The van der Waals surface area contributed by atoms with Crippen molar-refractivity contribution in [2.24, 2.45) is 0 Å². The Morgan fingerprint density at radius 2 is 1.85 bits per heavy atom. The summed E-state index contributed by atoms with van der Waals surface area (Å²) in [6.07, 6.45) is 2.10. The molecular weight excluding hydrogens is 254 g/mol. The zero-order valence-corrected chi connectivity index (χ0v) is 12.9. The van der Waals surface area contributed by atoms with Gasteiger partial charge in [0.15, 0.2) is 0 Å². The van der Waals surface area contributed by atoms with E-state index in [2.05, 4.69) is 19.2 Å². The quantitative estimate of drug-likeness (QED) is 0.899. The third-order valence-corrected chi connectivity index (χ3v) is 3.70. The summed E-state index contributed by atoms with van der Waals surface area (Å²) in [5.74, 6) is 1.65. The van der Waals surface area contributed by atoms with Crippen molar-refractivity contribution in [3.63, 3.8) is 0 Å². The summed E-state index contributed by atoms with van der Waals surface area (Å²) in [5.41, 5.74) is 1.15. The van der Waals surface area contributed by atoms with E-state index in [1.165, 1.54) is 5.56 Å². The van der Waals surface area contributed by atoms with Gasteiger partial charge in [-0.15, -0.1) is 0 Å². The zero-order chi connectivity index (χ0) is 14.6. The van der Waals surface area contributed by atoms with E-state index in [1.54, 1.807) is 14.2 Å². The minimum atomic E-state index is -0.0258. The molecule has 1 heterocycles. The molecule has 0 amide bonds. The SMILES string of the molecule is COc1cc(CNC2CCOC(C)(C)C2)cc(OC)c1. The van der Waals surface area contributed by atoms with E-state index in [4.69, 9.17) is 14.2 Å². The summed E-state index contributed by atoms with van der Waals surface area (Å²) in [7, 11) is 3.35. The number of benzene rings is 1. The molecule has 0 aromatic heterocycles. The first-order valence-electron chi connectivity index (χ1n) is 7.12. The number of nitrogens with one attached hydrogen (secondary N) is 1. The van der Waals surface area contributed by atoms with Crippen molar-refractivity contribution in [2.75, 3.05) is 20.8 Å². The van der Waals surface area contributed by atoms with Crippen LogP contribution in [0.1, 0.15) is 32.3 Å². The number of ether oxygens (including phenoxy) is 3. The van der Waals surface area contributed by atoms with Gasteiger partial charge in [-0.2, -0.15) is 0 Å². The fourth-order valence-electron chi connectivity index (χ4n) is 2.64. The molecule has 0 saturated carbocycles. The lowest BCUT2D eigenvalue weighted by molar-refractivity contribution is -0.0630. The molecule has 0 radical (unpaired) electrons. The largest absolute Gasteiger partial charge is 0.497 e. The van der Waals surface area contributed by atoms with Gasteiger partial charge in [0.2, 0.25) is 0 Å². The first kappa shape index (κ1) is 15.1. The molecule has 1 aromatic rings. The third-order valence-electron chi connectivity index (χ3n) is 3.70. The van der Waals surface area contributed by atoms with Gasteiger partial charge < -0.3 is 19.5 Å². The number of hydrogen-bond donors (Lipinski definition) is 1. The highest BCUT2D eigenvalue weighted by Gasteiger charge is 2.28. The van der Waals surface area contributed by atoms with Gasteiger partial charge in [-0.05, 0) is 44.4 Å². The van der Waals surface area contributed by atoms with Crippen LogP contribution in [0.3, 0.4) is 0 Å². The average Bonchev–Trinajstić information content (AvgIpc) is 2.43. The molecule has 1 fully saturated rings. The molecule has 0 spiro atoms. The van der Waals surface area contributed by atoms with Crippen LogP contribution in [0.2, 0.25) is 0 Å². The van der Waals surface area contributed by atoms with E-state index in [0.717, 1.165) is 37.5 Å². The molecule has 0 aliphatic carbocycles. The van der Waals surface area contributed by atoms with Crippen molar-refractivity contribution in [3.8, 4) is 11.5 Å². The standard InChI is InChI=1S/C16H25NO3/c1-16(2)10-13(5-6-20-16)17-11-12-7-14(18-3)9-15(8-12)19-4/h7-9,13,17H,5-6,10-11H2,1-4H3. The van der Waals surface area contributed by atoms with E-state index >= 15 is 0 Å². The summed E-state index contributed by atoms with van der Waals surface area (Å²) >= 11 is 0. The maximum absolute atomic E-state index is 5.74. The number of rotatable bonds is 5.